The van der Waals surface area contributed by atoms with Gasteiger partial charge in [-0.25, -0.2) is 17.9 Å². The van der Waals surface area contributed by atoms with Crippen molar-refractivity contribution in [2.24, 2.45) is 5.41 Å². The van der Waals surface area contributed by atoms with Crippen molar-refractivity contribution in [1.82, 2.24) is 9.62 Å². The van der Waals surface area contributed by atoms with Crippen LogP contribution in [-0.2, 0) is 20.2 Å². The first-order chi connectivity index (χ1) is 16.9. The van der Waals surface area contributed by atoms with Gasteiger partial charge in [-0.15, -0.1) is 13.2 Å². The number of carbonyl (C=O) groups excluding carboxylic acids is 1. The van der Waals surface area contributed by atoms with E-state index in [2.05, 4.69) is 4.74 Å². The van der Waals surface area contributed by atoms with Crippen LogP contribution in [0.25, 0.3) is 0 Å². The molecule has 1 fully saturated rings. The van der Waals surface area contributed by atoms with Crippen LogP contribution in [0.3, 0.4) is 0 Å². The number of sulfonamides is 1. The van der Waals surface area contributed by atoms with Crippen molar-refractivity contribution in [3.63, 3.8) is 0 Å². The van der Waals surface area contributed by atoms with Gasteiger partial charge in [0.1, 0.15) is 5.75 Å². The molecule has 0 spiro atoms. The average Bonchev–Trinajstić information content (AvgIpc) is 3.17. The maximum Gasteiger partial charge on any atom is 0.573 e. The molecule has 37 heavy (non-hydrogen) atoms. The van der Waals surface area contributed by atoms with Gasteiger partial charge in [0, 0.05) is 6.54 Å². The number of ether oxygens (including phenoxy) is 1. The smallest absolute Gasteiger partial charge is 0.465 e. The molecule has 0 bridgehead atoms. The van der Waals surface area contributed by atoms with Crippen molar-refractivity contribution in [2.75, 3.05) is 6.54 Å². The third-order valence-electron chi connectivity index (χ3n) is 6.03. The Bertz CT molecular complexity index is 1310. The fraction of sp³-hybridized carbons (Fsp3) is 0.391. The van der Waals surface area contributed by atoms with Gasteiger partial charge in [-0.05, 0) is 53.8 Å². The van der Waals surface area contributed by atoms with E-state index in [-0.39, 0.29) is 28.6 Å². The predicted molar refractivity (Wildman–Crippen MR) is 129 cm³/mol. The Balaban J connectivity index is 2.09. The van der Waals surface area contributed by atoms with Crippen molar-refractivity contribution in [3.05, 3.63) is 58.1 Å². The van der Waals surface area contributed by atoms with E-state index in [0.717, 1.165) is 29.2 Å². The molecule has 1 heterocycles. The third kappa shape index (κ3) is 5.91. The number of carboxylic acid groups (broad SMARTS) is 1. The minimum absolute atomic E-state index is 0.0705. The molecule has 202 valence electrons. The lowest BCUT2D eigenvalue weighted by Crippen LogP contribution is -2.59. The van der Waals surface area contributed by atoms with E-state index in [9.17, 15) is 36.3 Å². The number of halogens is 5. The molecule has 0 aromatic heterocycles. The van der Waals surface area contributed by atoms with E-state index in [1.165, 1.54) is 18.2 Å². The Labute approximate surface area is 221 Å². The van der Waals surface area contributed by atoms with Gasteiger partial charge in [-0.3, -0.25) is 4.79 Å². The summed E-state index contributed by atoms with van der Waals surface area (Å²) < 4.78 is 69.2. The van der Waals surface area contributed by atoms with Gasteiger partial charge >= 0.3 is 12.5 Å². The Morgan fingerprint density at radius 2 is 1.68 bits per heavy atom. The lowest BCUT2D eigenvalue weighted by Gasteiger charge is -2.44. The molecule has 8 nitrogen and oxygen atoms in total. The maximum absolute atomic E-state index is 13.9. The van der Waals surface area contributed by atoms with E-state index in [1.807, 2.05) is 4.72 Å². The minimum Gasteiger partial charge on any atom is -0.465 e. The Hall–Kier alpha value is -2.70. The normalized spacial score (nSPS) is 20.5. The van der Waals surface area contributed by atoms with Crippen LogP contribution >= 0.6 is 23.2 Å². The summed E-state index contributed by atoms with van der Waals surface area (Å²) in [7, 11) is -4.59. The predicted octanol–water partition coefficient (Wildman–Crippen LogP) is 5.43. The summed E-state index contributed by atoms with van der Waals surface area (Å²) in [5, 5.41) is 10.1. The molecular formula is C23H23Cl2F3N2O6S. The Morgan fingerprint density at radius 3 is 2.16 bits per heavy atom. The minimum atomic E-state index is -4.97. The number of nitrogens with one attached hydrogen (secondary N) is 1. The zero-order valence-electron chi connectivity index (χ0n) is 19.8. The highest BCUT2D eigenvalue weighted by molar-refractivity contribution is 7.90. The maximum atomic E-state index is 13.9. The summed E-state index contributed by atoms with van der Waals surface area (Å²) in [6, 6.07) is 6.56. The largest absolute Gasteiger partial charge is 0.573 e. The lowest BCUT2D eigenvalue weighted by molar-refractivity contribution is -0.274. The second kappa shape index (κ2) is 9.88. The van der Waals surface area contributed by atoms with Crippen LogP contribution in [0.4, 0.5) is 18.0 Å². The molecule has 2 atom stereocenters. The number of hydrogen-bond acceptors (Lipinski definition) is 5. The molecule has 2 aromatic carbocycles. The number of benzene rings is 2. The number of rotatable bonds is 5. The van der Waals surface area contributed by atoms with Crippen LogP contribution in [-0.4, -0.2) is 49.4 Å². The monoisotopic (exact) mass is 582 g/mol. The fourth-order valence-corrected chi connectivity index (χ4v) is 6.12. The van der Waals surface area contributed by atoms with E-state index in [1.54, 1.807) is 20.8 Å². The van der Waals surface area contributed by atoms with E-state index >= 15 is 0 Å². The van der Waals surface area contributed by atoms with Gasteiger partial charge in [0.05, 0.1) is 26.4 Å². The van der Waals surface area contributed by atoms with E-state index in [0.29, 0.717) is 0 Å². The fourth-order valence-electron chi connectivity index (χ4n) is 4.78. The highest BCUT2D eigenvalue weighted by atomic mass is 35.5. The van der Waals surface area contributed by atoms with Crippen LogP contribution in [0.15, 0.2) is 47.4 Å². The molecule has 2 N–H and O–H groups in total. The number of carbonyl (C=O) groups is 2. The first-order valence-corrected chi connectivity index (χ1v) is 13.0. The summed E-state index contributed by atoms with van der Waals surface area (Å²) in [4.78, 5) is 26.6. The molecule has 2 amide bonds. The standard InChI is InChI=1S/C23H23Cl2F3N2O6S/c1-21(2,3)18-22(10-11-30(18)20(32)33,13-4-9-16(24)17(25)12-13)19(31)29-37(34,35)15-7-5-14(6-8-15)36-23(26,27)28/h4-9,12,18H,10-11H2,1-3H3,(H,29,31)(H,32,33). The molecule has 2 aromatic rings. The third-order valence-corrected chi connectivity index (χ3v) is 8.11. The topological polar surface area (TPSA) is 113 Å². The highest BCUT2D eigenvalue weighted by Gasteiger charge is 2.60. The number of nitrogens with zero attached hydrogens (tertiary/aromatic N) is 1. The summed E-state index contributed by atoms with van der Waals surface area (Å²) in [5.41, 5.74) is -2.29. The molecule has 1 aliphatic heterocycles. The van der Waals surface area contributed by atoms with Crippen molar-refractivity contribution in [1.29, 1.82) is 0 Å². The second-order valence-corrected chi connectivity index (χ2v) is 12.0. The summed E-state index contributed by atoms with van der Waals surface area (Å²) in [6.07, 6.45) is -6.34. The Morgan fingerprint density at radius 1 is 1.08 bits per heavy atom. The molecular weight excluding hydrogens is 560 g/mol. The number of likely N-dealkylation sites (tertiary alicyclic amines) is 1. The van der Waals surface area contributed by atoms with Gasteiger partial charge in [0.25, 0.3) is 10.0 Å². The molecule has 0 saturated carbocycles. The second-order valence-electron chi connectivity index (χ2n) is 9.55. The molecule has 0 radical (unpaired) electrons. The average molecular weight is 583 g/mol. The quantitative estimate of drug-likeness (QED) is 0.486. The summed E-state index contributed by atoms with van der Waals surface area (Å²) in [5.74, 6) is -1.67. The molecule has 1 saturated heterocycles. The number of amides is 2. The SMILES string of the molecule is CC(C)(C)C1N(C(=O)O)CCC1(C(=O)NS(=O)(=O)c1ccc(OC(F)(F)F)cc1)c1ccc(Cl)c(Cl)c1. The molecule has 1 aliphatic rings. The van der Waals surface area contributed by atoms with Gasteiger partial charge < -0.3 is 14.7 Å². The van der Waals surface area contributed by atoms with Crippen LogP contribution in [0.2, 0.25) is 10.0 Å². The summed E-state index contributed by atoms with van der Waals surface area (Å²) >= 11 is 12.2. The van der Waals surface area contributed by atoms with Crippen molar-refractivity contribution in [2.45, 2.75) is 49.9 Å². The lowest BCUT2D eigenvalue weighted by atomic mass is 9.65. The van der Waals surface area contributed by atoms with Gasteiger partial charge in [-0.1, -0.05) is 50.0 Å². The number of alkyl halides is 3. The van der Waals surface area contributed by atoms with Crippen molar-refractivity contribution >= 4 is 45.2 Å². The highest BCUT2D eigenvalue weighted by Crippen LogP contribution is 2.49. The van der Waals surface area contributed by atoms with Crippen LogP contribution in [0.5, 0.6) is 5.75 Å². The first-order valence-electron chi connectivity index (χ1n) is 10.8. The van der Waals surface area contributed by atoms with E-state index in [4.69, 9.17) is 23.2 Å². The van der Waals surface area contributed by atoms with Gasteiger partial charge in [0.15, 0.2) is 0 Å². The summed E-state index contributed by atoms with van der Waals surface area (Å²) in [6.45, 7) is 5.07. The molecule has 2 unspecified atom stereocenters. The molecule has 3 rings (SSSR count). The van der Waals surface area contributed by atoms with Crippen LogP contribution < -0.4 is 9.46 Å². The van der Waals surface area contributed by atoms with E-state index < -0.39 is 55.9 Å². The van der Waals surface area contributed by atoms with Crippen molar-refractivity contribution in [3.8, 4) is 5.75 Å². The van der Waals surface area contributed by atoms with Crippen molar-refractivity contribution < 1.29 is 41.0 Å². The zero-order chi connectivity index (χ0) is 28.0. The zero-order valence-corrected chi connectivity index (χ0v) is 22.1. The Kier molecular flexibility index (Phi) is 7.71. The first kappa shape index (κ1) is 28.9. The number of hydrogen-bond donors (Lipinski definition) is 2. The molecule has 14 heteroatoms. The van der Waals surface area contributed by atoms with Gasteiger partial charge in [0.2, 0.25) is 5.91 Å². The molecule has 0 aliphatic carbocycles. The van der Waals surface area contributed by atoms with Crippen LogP contribution in [0, 0.1) is 5.41 Å². The van der Waals surface area contributed by atoms with Crippen LogP contribution in [0.1, 0.15) is 32.8 Å². The van der Waals surface area contributed by atoms with Gasteiger partial charge in [-0.2, -0.15) is 0 Å².